The molecule has 2 aromatic heterocycles. The van der Waals surface area contributed by atoms with Crippen LogP contribution in [0.15, 0.2) is 36.9 Å². The van der Waals surface area contributed by atoms with E-state index in [1.807, 2.05) is 0 Å². The van der Waals surface area contributed by atoms with Crippen molar-refractivity contribution in [2.24, 2.45) is 0 Å². The highest BCUT2D eigenvalue weighted by Crippen LogP contribution is 2.26. The van der Waals surface area contributed by atoms with Crippen LogP contribution in [-0.2, 0) is 0 Å². The molecular formula is C12H8N4O2. The summed E-state index contributed by atoms with van der Waals surface area (Å²) in [6.45, 7) is 0. The molecule has 0 aliphatic carbocycles. The lowest BCUT2D eigenvalue weighted by Crippen LogP contribution is -2.00. The Balaban J connectivity index is 2.33. The first kappa shape index (κ1) is 10.4. The van der Waals surface area contributed by atoms with Gasteiger partial charge in [0.1, 0.15) is 17.5 Å². The molecule has 0 fully saturated rings. The maximum atomic E-state index is 11.2. The van der Waals surface area contributed by atoms with Gasteiger partial charge in [-0.2, -0.15) is 0 Å². The van der Waals surface area contributed by atoms with Crippen LogP contribution < -0.4 is 0 Å². The number of aromatic amines is 1. The van der Waals surface area contributed by atoms with Gasteiger partial charge in [0.2, 0.25) is 0 Å². The van der Waals surface area contributed by atoms with Gasteiger partial charge in [0.15, 0.2) is 5.65 Å². The van der Waals surface area contributed by atoms with E-state index in [1.54, 1.807) is 24.3 Å². The second kappa shape index (κ2) is 3.92. The van der Waals surface area contributed by atoms with Gasteiger partial charge in [-0.15, -0.1) is 0 Å². The Bertz CT molecular complexity index is 736. The topological polar surface area (TPSA) is 91.8 Å². The van der Waals surface area contributed by atoms with Crippen LogP contribution in [0.3, 0.4) is 0 Å². The Morgan fingerprint density at radius 1 is 1.17 bits per heavy atom. The first-order valence-corrected chi connectivity index (χ1v) is 5.24. The van der Waals surface area contributed by atoms with E-state index in [2.05, 4.69) is 19.9 Å². The lowest BCUT2D eigenvalue weighted by molar-refractivity contribution is 0.0697. The van der Waals surface area contributed by atoms with E-state index in [1.165, 1.54) is 12.7 Å². The lowest BCUT2D eigenvalue weighted by Gasteiger charge is -2.05. The fraction of sp³-hybridized carbons (Fsp3) is 0. The number of imidazole rings is 1. The molecule has 1 aromatic carbocycles. The molecule has 0 bridgehead atoms. The van der Waals surface area contributed by atoms with Gasteiger partial charge in [-0.3, -0.25) is 0 Å². The van der Waals surface area contributed by atoms with Crippen molar-refractivity contribution < 1.29 is 9.90 Å². The number of nitrogens with one attached hydrogen (secondary N) is 1. The van der Waals surface area contributed by atoms with Gasteiger partial charge in [0.25, 0.3) is 0 Å². The van der Waals surface area contributed by atoms with Crippen LogP contribution in [0.4, 0.5) is 0 Å². The van der Waals surface area contributed by atoms with E-state index in [4.69, 9.17) is 0 Å². The van der Waals surface area contributed by atoms with Gasteiger partial charge in [0, 0.05) is 5.56 Å². The molecule has 0 radical (unpaired) electrons. The van der Waals surface area contributed by atoms with E-state index < -0.39 is 5.97 Å². The predicted molar refractivity (Wildman–Crippen MR) is 64.1 cm³/mol. The molecular weight excluding hydrogens is 232 g/mol. The van der Waals surface area contributed by atoms with E-state index in [0.717, 1.165) is 0 Å². The van der Waals surface area contributed by atoms with Gasteiger partial charge >= 0.3 is 5.97 Å². The molecule has 0 saturated carbocycles. The number of rotatable bonds is 2. The summed E-state index contributed by atoms with van der Waals surface area (Å²) in [5, 5.41) is 9.18. The summed E-state index contributed by atoms with van der Waals surface area (Å²) in [4.78, 5) is 26.3. The third-order valence-corrected chi connectivity index (χ3v) is 2.64. The van der Waals surface area contributed by atoms with Gasteiger partial charge in [-0.1, -0.05) is 18.2 Å². The molecule has 18 heavy (non-hydrogen) atoms. The van der Waals surface area contributed by atoms with Crippen LogP contribution in [0, 0.1) is 0 Å². The predicted octanol–water partition coefficient (Wildman–Crippen LogP) is 1.72. The Kier molecular flexibility index (Phi) is 2.26. The zero-order valence-corrected chi connectivity index (χ0v) is 9.16. The number of hydrogen-bond donors (Lipinski definition) is 2. The van der Waals surface area contributed by atoms with Crippen molar-refractivity contribution in [1.29, 1.82) is 0 Å². The number of carboxylic acid groups (broad SMARTS) is 1. The van der Waals surface area contributed by atoms with Crippen LogP contribution >= 0.6 is 0 Å². The van der Waals surface area contributed by atoms with E-state index in [0.29, 0.717) is 22.4 Å². The molecule has 88 valence electrons. The van der Waals surface area contributed by atoms with Crippen LogP contribution in [0.5, 0.6) is 0 Å². The fourth-order valence-corrected chi connectivity index (χ4v) is 1.85. The fourth-order valence-electron chi connectivity index (χ4n) is 1.85. The van der Waals surface area contributed by atoms with E-state index in [9.17, 15) is 9.90 Å². The number of fused-ring (bicyclic) bond motifs is 1. The number of benzene rings is 1. The quantitative estimate of drug-likeness (QED) is 0.711. The zero-order chi connectivity index (χ0) is 12.5. The Morgan fingerprint density at radius 3 is 2.83 bits per heavy atom. The smallest absolute Gasteiger partial charge is 0.336 e. The average Bonchev–Trinajstić information content (AvgIpc) is 2.86. The van der Waals surface area contributed by atoms with Crippen molar-refractivity contribution >= 4 is 17.1 Å². The standard InChI is InChI=1S/C12H8N4O2/c17-12(18)8-4-2-1-3-7(8)9-10-11(15-5-13-9)16-6-14-10/h1-6H,(H,17,18)(H,13,14,15,16). The molecule has 0 aliphatic rings. The highest BCUT2D eigenvalue weighted by atomic mass is 16.4. The Hall–Kier alpha value is -2.76. The van der Waals surface area contributed by atoms with Crippen molar-refractivity contribution in [2.75, 3.05) is 0 Å². The first-order chi connectivity index (χ1) is 8.77. The Labute approximate surface area is 101 Å². The second-order valence-electron chi connectivity index (χ2n) is 3.67. The minimum Gasteiger partial charge on any atom is -0.478 e. The number of aromatic carboxylic acids is 1. The van der Waals surface area contributed by atoms with Crippen LogP contribution in [-0.4, -0.2) is 31.0 Å². The number of nitrogens with zero attached hydrogens (tertiary/aromatic N) is 3. The number of hydrogen-bond acceptors (Lipinski definition) is 4. The maximum absolute atomic E-state index is 11.2. The Morgan fingerprint density at radius 2 is 2.00 bits per heavy atom. The van der Waals surface area contributed by atoms with Crippen molar-refractivity contribution in [1.82, 2.24) is 19.9 Å². The molecule has 0 amide bonds. The average molecular weight is 240 g/mol. The summed E-state index contributed by atoms with van der Waals surface area (Å²) < 4.78 is 0. The SMILES string of the molecule is O=C(O)c1ccccc1-c1ncnc2nc[nH]c12. The number of H-pyrrole nitrogens is 1. The minimum absolute atomic E-state index is 0.201. The highest BCUT2D eigenvalue weighted by Gasteiger charge is 2.15. The largest absolute Gasteiger partial charge is 0.478 e. The second-order valence-corrected chi connectivity index (χ2v) is 3.67. The molecule has 0 atom stereocenters. The van der Waals surface area contributed by atoms with Gasteiger partial charge in [-0.05, 0) is 6.07 Å². The molecule has 2 N–H and O–H groups in total. The molecule has 3 rings (SSSR count). The zero-order valence-electron chi connectivity index (χ0n) is 9.16. The van der Waals surface area contributed by atoms with Gasteiger partial charge < -0.3 is 10.1 Å². The number of carboxylic acids is 1. The molecule has 0 aliphatic heterocycles. The number of aromatic nitrogens is 4. The molecule has 0 unspecified atom stereocenters. The maximum Gasteiger partial charge on any atom is 0.336 e. The third-order valence-electron chi connectivity index (χ3n) is 2.64. The molecule has 0 spiro atoms. The normalized spacial score (nSPS) is 10.7. The van der Waals surface area contributed by atoms with E-state index in [-0.39, 0.29) is 5.56 Å². The minimum atomic E-state index is -0.989. The molecule has 3 aromatic rings. The van der Waals surface area contributed by atoms with E-state index >= 15 is 0 Å². The van der Waals surface area contributed by atoms with Gasteiger partial charge in [-0.25, -0.2) is 19.7 Å². The summed E-state index contributed by atoms with van der Waals surface area (Å²) in [7, 11) is 0. The summed E-state index contributed by atoms with van der Waals surface area (Å²) in [5.41, 5.74) is 2.43. The monoisotopic (exact) mass is 240 g/mol. The highest BCUT2D eigenvalue weighted by molar-refractivity contribution is 5.99. The number of carbonyl (C=O) groups is 1. The molecule has 2 heterocycles. The molecule has 6 nitrogen and oxygen atoms in total. The van der Waals surface area contributed by atoms with Crippen molar-refractivity contribution in [3.05, 3.63) is 42.5 Å². The lowest BCUT2D eigenvalue weighted by atomic mass is 10.0. The van der Waals surface area contributed by atoms with Gasteiger partial charge in [0.05, 0.1) is 11.9 Å². The molecule has 6 heteroatoms. The van der Waals surface area contributed by atoms with Crippen LogP contribution in [0.2, 0.25) is 0 Å². The van der Waals surface area contributed by atoms with Crippen molar-refractivity contribution in [3.8, 4) is 11.3 Å². The molecule has 0 saturated heterocycles. The van der Waals surface area contributed by atoms with Crippen molar-refractivity contribution in [2.45, 2.75) is 0 Å². The summed E-state index contributed by atoms with van der Waals surface area (Å²) in [6.07, 6.45) is 2.88. The summed E-state index contributed by atoms with van der Waals surface area (Å²) >= 11 is 0. The van der Waals surface area contributed by atoms with Crippen LogP contribution in [0.25, 0.3) is 22.4 Å². The third kappa shape index (κ3) is 1.51. The van der Waals surface area contributed by atoms with Crippen molar-refractivity contribution in [3.63, 3.8) is 0 Å². The van der Waals surface area contributed by atoms with Crippen LogP contribution in [0.1, 0.15) is 10.4 Å². The summed E-state index contributed by atoms with van der Waals surface area (Å²) in [5.74, 6) is -0.989. The first-order valence-electron chi connectivity index (χ1n) is 5.24. The summed E-state index contributed by atoms with van der Waals surface area (Å²) in [6, 6.07) is 6.71.